The maximum absolute atomic E-state index is 13.0. The number of hydrogen-bond acceptors (Lipinski definition) is 4. The van der Waals surface area contributed by atoms with Gasteiger partial charge in [-0.2, -0.15) is 13.2 Å². The number of para-hydroxylation sites is 1. The molecular formula is C23H21F3N2O4S. The number of sulfonamides is 1. The molecule has 174 valence electrons. The van der Waals surface area contributed by atoms with Crippen molar-refractivity contribution in [3.63, 3.8) is 0 Å². The van der Waals surface area contributed by atoms with Crippen molar-refractivity contribution in [2.75, 3.05) is 16.6 Å². The van der Waals surface area contributed by atoms with Crippen LogP contribution >= 0.6 is 0 Å². The highest BCUT2D eigenvalue weighted by molar-refractivity contribution is 7.92. The Morgan fingerprint density at radius 2 is 1.61 bits per heavy atom. The van der Waals surface area contributed by atoms with Gasteiger partial charge in [0, 0.05) is 5.69 Å². The van der Waals surface area contributed by atoms with E-state index in [2.05, 4.69) is 10.0 Å². The fourth-order valence-electron chi connectivity index (χ4n) is 2.91. The summed E-state index contributed by atoms with van der Waals surface area (Å²) in [7, 11) is -3.84. The van der Waals surface area contributed by atoms with Gasteiger partial charge in [0.2, 0.25) is 0 Å². The molecule has 0 spiro atoms. The van der Waals surface area contributed by atoms with Gasteiger partial charge in [-0.05, 0) is 73.5 Å². The van der Waals surface area contributed by atoms with E-state index < -0.39 is 34.3 Å². The Morgan fingerprint density at radius 3 is 2.24 bits per heavy atom. The van der Waals surface area contributed by atoms with Gasteiger partial charge < -0.3 is 10.1 Å². The summed E-state index contributed by atoms with van der Waals surface area (Å²) in [5.74, 6) is -0.612. The number of aryl methyl sites for hydroxylation is 2. The van der Waals surface area contributed by atoms with Crippen molar-refractivity contribution in [3.05, 3.63) is 83.4 Å². The molecule has 10 heteroatoms. The minimum Gasteiger partial charge on any atom is -0.484 e. The molecule has 0 atom stereocenters. The Hall–Kier alpha value is -3.53. The summed E-state index contributed by atoms with van der Waals surface area (Å²) in [5, 5.41) is 2.17. The van der Waals surface area contributed by atoms with Crippen molar-refractivity contribution < 1.29 is 31.1 Å². The summed E-state index contributed by atoms with van der Waals surface area (Å²) in [6.45, 7) is 3.23. The molecule has 0 aromatic heterocycles. The number of alkyl halides is 3. The van der Waals surface area contributed by atoms with Crippen molar-refractivity contribution in [1.82, 2.24) is 0 Å². The van der Waals surface area contributed by atoms with Gasteiger partial charge in [-0.1, -0.05) is 18.2 Å². The summed E-state index contributed by atoms with van der Waals surface area (Å²) in [6.07, 6.45) is -4.61. The van der Waals surface area contributed by atoms with Crippen LogP contribution in [0.3, 0.4) is 0 Å². The van der Waals surface area contributed by atoms with Crippen molar-refractivity contribution in [1.29, 1.82) is 0 Å². The van der Waals surface area contributed by atoms with Crippen LogP contribution in [0.15, 0.2) is 71.6 Å². The van der Waals surface area contributed by atoms with Crippen LogP contribution in [-0.4, -0.2) is 20.9 Å². The first-order valence-corrected chi connectivity index (χ1v) is 11.2. The number of carbonyl (C=O) groups is 1. The van der Waals surface area contributed by atoms with Gasteiger partial charge in [0.05, 0.1) is 16.1 Å². The zero-order valence-electron chi connectivity index (χ0n) is 17.7. The molecule has 0 unspecified atom stereocenters. The van der Waals surface area contributed by atoms with Crippen molar-refractivity contribution >= 4 is 27.3 Å². The average Bonchev–Trinajstić information content (AvgIpc) is 2.74. The highest BCUT2D eigenvalue weighted by Gasteiger charge is 2.33. The van der Waals surface area contributed by atoms with Crippen LogP contribution in [0.1, 0.15) is 16.7 Å². The third-order valence-electron chi connectivity index (χ3n) is 4.77. The summed E-state index contributed by atoms with van der Waals surface area (Å²) in [4.78, 5) is 12.0. The third kappa shape index (κ3) is 6.26. The fourth-order valence-corrected chi connectivity index (χ4v) is 3.96. The Kier molecular flexibility index (Phi) is 6.97. The quantitative estimate of drug-likeness (QED) is 0.493. The van der Waals surface area contributed by atoms with E-state index in [-0.39, 0.29) is 16.3 Å². The number of amides is 1. The average molecular weight is 478 g/mol. The lowest BCUT2D eigenvalue weighted by molar-refractivity contribution is -0.137. The lowest BCUT2D eigenvalue weighted by atomic mass is 10.1. The smallest absolute Gasteiger partial charge is 0.418 e. The molecule has 3 rings (SSSR count). The number of anilines is 2. The number of benzene rings is 3. The van der Waals surface area contributed by atoms with Gasteiger partial charge in [-0.25, -0.2) is 8.42 Å². The van der Waals surface area contributed by atoms with E-state index >= 15 is 0 Å². The number of halogens is 3. The lowest BCUT2D eigenvalue weighted by Crippen LogP contribution is -2.22. The van der Waals surface area contributed by atoms with Gasteiger partial charge >= 0.3 is 6.18 Å². The van der Waals surface area contributed by atoms with E-state index in [1.54, 1.807) is 12.1 Å². The Morgan fingerprint density at radius 1 is 0.939 bits per heavy atom. The van der Waals surface area contributed by atoms with Crippen molar-refractivity contribution in [2.45, 2.75) is 24.9 Å². The monoisotopic (exact) mass is 478 g/mol. The van der Waals surface area contributed by atoms with Crippen LogP contribution in [-0.2, 0) is 21.0 Å². The molecule has 0 saturated carbocycles. The van der Waals surface area contributed by atoms with Gasteiger partial charge in [0.25, 0.3) is 15.9 Å². The van der Waals surface area contributed by atoms with E-state index in [4.69, 9.17) is 4.74 Å². The zero-order valence-corrected chi connectivity index (χ0v) is 18.5. The van der Waals surface area contributed by atoms with Gasteiger partial charge in [0.15, 0.2) is 6.61 Å². The summed E-state index contributed by atoms with van der Waals surface area (Å²) >= 11 is 0. The maximum Gasteiger partial charge on any atom is 0.418 e. The Labute approximate surface area is 189 Å². The first-order valence-electron chi connectivity index (χ1n) is 9.75. The van der Waals surface area contributed by atoms with E-state index in [9.17, 15) is 26.4 Å². The van der Waals surface area contributed by atoms with Crippen molar-refractivity contribution in [3.8, 4) is 5.75 Å². The number of nitrogens with one attached hydrogen (secondary N) is 2. The molecule has 1 amide bonds. The number of carbonyl (C=O) groups excluding carboxylic acids is 1. The predicted molar refractivity (Wildman–Crippen MR) is 119 cm³/mol. The van der Waals surface area contributed by atoms with Crippen LogP contribution in [0.4, 0.5) is 24.5 Å². The van der Waals surface area contributed by atoms with Crippen LogP contribution in [0.2, 0.25) is 0 Å². The van der Waals surface area contributed by atoms with E-state index in [1.807, 2.05) is 19.9 Å². The topological polar surface area (TPSA) is 84.5 Å². The summed E-state index contributed by atoms with van der Waals surface area (Å²) in [5.41, 5.74) is 1.05. The number of ether oxygens (including phenoxy) is 1. The van der Waals surface area contributed by atoms with Crippen LogP contribution in [0.25, 0.3) is 0 Å². The minimum atomic E-state index is -4.61. The summed E-state index contributed by atoms with van der Waals surface area (Å²) < 4.78 is 72.0. The highest BCUT2D eigenvalue weighted by Crippen LogP contribution is 2.34. The maximum atomic E-state index is 13.0. The largest absolute Gasteiger partial charge is 0.484 e. The highest BCUT2D eigenvalue weighted by atomic mass is 32.2. The molecule has 2 N–H and O–H groups in total. The first kappa shape index (κ1) is 24.1. The number of rotatable bonds is 7. The Bertz CT molecular complexity index is 1260. The third-order valence-corrected chi connectivity index (χ3v) is 6.17. The SMILES string of the molecule is Cc1ccc(NS(=O)(=O)c2ccc(OCC(=O)Nc3ccccc3C(F)(F)F)cc2)cc1C. The molecule has 0 fully saturated rings. The molecule has 3 aromatic carbocycles. The van der Waals surface area contributed by atoms with Gasteiger partial charge in [0.1, 0.15) is 5.75 Å². The molecule has 0 aliphatic heterocycles. The van der Waals surface area contributed by atoms with E-state index in [0.717, 1.165) is 23.3 Å². The number of hydrogen-bond donors (Lipinski definition) is 2. The molecular weight excluding hydrogens is 457 g/mol. The normalized spacial score (nSPS) is 11.7. The Balaban J connectivity index is 1.62. The molecule has 0 radical (unpaired) electrons. The van der Waals surface area contributed by atoms with Crippen LogP contribution in [0, 0.1) is 13.8 Å². The fraction of sp³-hybridized carbons (Fsp3) is 0.174. The molecule has 0 heterocycles. The lowest BCUT2D eigenvalue weighted by Gasteiger charge is -2.14. The second-order valence-corrected chi connectivity index (χ2v) is 8.94. The predicted octanol–water partition coefficient (Wildman–Crippen LogP) is 5.14. The van der Waals surface area contributed by atoms with Gasteiger partial charge in [-0.15, -0.1) is 0 Å². The molecule has 0 aliphatic rings. The summed E-state index contributed by atoms with van der Waals surface area (Å²) in [6, 6.07) is 15.1. The molecule has 0 bridgehead atoms. The molecule has 3 aromatic rings. The second-order valence-electron chi connectivity index (χ2n) is 7.26. The van der Waals surface area contributed by atoms with Gasteiger partial charge in [-0.3, -0.25) is 9.52 Å². The molecule has 0 aliphatic carbocycles. The standard InChI is InChI=1S/C23H21F3N2O4S/c1-15-7-8-17(13-16(15)2)28-33(30,31)19-11-9-18(10-12-19)32-14-22(29)27-21-6-4-3-5-20(21)23(24,25)26/h3-13,28H,14H2,1-2H3,(H,27,29). The molecule has 6 nitrogen and oxygen atoms in total. The van der Waals surface area contributed by atoms with Crippen LogP contribution in [0.5, 0.6) is 5.75 Å². The van der Waals surface area contributed by atoms with E-state index in [1.165, 1.54) is 36.4 Å². The molecule has 33 heavy (non-hydrogen) atoms. The van der Waals surface area contributed by atoms with E-state index in [0.29, 0.717) is 5.69 Å². The van der Waals surface area contributed by atoms with Crippen LogP contribution < -0.4 is 14.8 Å². The minimum absolute atomic E-state index is 0.0170. The molecule has 0 saturated heterocycles. The second kappa shape index (κ2) is 9.53. The first-order chi connectivity index (χ1) is 15.5. The van der Waals surface area contributed by atoms with Crippen molar-refractivity contribution in [2.24, 2.45) is 0 Å². The zero-order chi connectivity index (χ0) is 24.2.